The summed E-state index contributed by atoms with van der Waals surface area (Å²) in [6.45, 7) is 5.39. The Kier molecular flexibility index (Phi) is 3.80. The predicted molar refractivity (Wildman–Crippen MR) is 92.5 cm³/mol. The first-order valence-corrected chi connectivity index (χ1v) is 8.97. The van der Waals surface area contributed by atoms with E-state index in [-0.39, 0.29) is 5.91 Å². The minimum atomic E-state index is 0.121. The van der Waals surface area contributed by atoms with Crippen LogP contribution < -0.4 is 0 Å². The van der Waals surface area contributed by atoms with Crippen molar-refractivity contribution in [1.29, 1.82) is 0 Å². The van der Waals surface area contributed by atoms with E-state index in [1.807, 2.05) is 41.6 Å². The van der Waals surface area contributed by atoms with Gasteiger partial charge in [0, 0.05) is 37.0 Å². The van der Waals surface area contributed by atoms with Crippen molar-refractivity contribution in [3.05, 3.63) is 45.8 Å². The lowest BCUT2D eigenvalue weighted by Crippen LogP contribution is -2.38. The minimum Gasteiger partial charge on any atom is -0.338 e. The molecule has 0 spiro atoms. The molecule has 24 heavy (non-hydrogen) atoms. The normalized spacial score (nSPS) is 16.0. The molecule has 0 unspecified atom stereocenters. The van der Waals surface area contributed by atoms with Gasteiger partial charge in [0.1, 0.15) is 4.88 Å². The van der Waals surface area contributed by atoms with Crippen LogP contribution in [0.15, 0.2) is 24.5 Å². The predicted octanol–water partition coefficient (Wildman–Crippen LogP) is 2.82. The number of carbonyl (C=O) groups is 1. The van der Waals surface area contributed by atoms with Gasteiger partial charge in [-0.2, -0.15) is 5.10 Å². The van der Waals surface area contributed by atoms with Crippen LogP contribution in [-0.4, -0.2) is 43.5 Å². The molecule has 0 N–H and O–H groups in total. The maximum atomic E-state index is 12.7. The van der Waals surface area contributed by atoms with E-state index in [1.165, 1.54) is 17.0 Å². The van der Waals surface area contributed by atoms with Gasteiger partial charge in [-0.1, -0.05) is 0 Å². The first-order valence-electron chi connectivity index (χ1n) is 8.15. The second-order valence-corrected chi connectivity index (χ2v) is 7.39. The van der Waals surface area contributed by atoms with Crippen LogP contribution in [0.2, 0.25) is 0 Å². The third-order valence-electron chi connectivity index (χ3n) is 4.62. The van der Waals surface area contributed by atoms with Crippen LogP contribution >= 0.6 is 11.3 Å². The molecule has 1 aliphatic rings. The van der Waals surface area contributed by atoms with E-state index in [4.69, 9.17) is 0 Å². The number of hydrogen-bond donors (Lipinski definition) is 0. The van der Waals surface area contributed by atoms with Gasteiger partial charge in [0.2, 0.25) is 0 Å². The van der Waals surface area contributed by atoms with E-state index in [2.05, 4.69) is 15.1 Å². The molecule has 0 radical (unpaired) electrons. The summed E-state index contributed by atoms with van der Waals surface area (Å²) in [5, 5.41) is 5.32. The molecule has 4 heterocycles. The maximum Gasteiger partial charge on any atom is 0.265 e. The van der Waals surface area contributed by atoms with Crippen molar-refractivity contribution < 1.29 is 4.79 Å². The first-order chi connectivity index (χ1) is 11.6. The molecule has 0 bridgehead atoms. The number of aromatic nitrogens is 4. The number of carbonyl (C=O) groups excluding carboxylic acids is 1. The van der Waals surface area contributed by atoms with Crippen molar-refractivity contribution in [3.8, 4) is 0 Å². The highest BCUT2D eigenvalue weighted by atomic mass is 32.1. The van der Waals surface area contributed by atoms with Gasteiger partial charge >= 0.3 is 0 Å². The Bertz CT molecular complexity index is 891. The van der Waals surface area contributed by atoms with Gasteiger partial charge in [-0.25, -0.2) is 14.5 Å². The lowest BCUT2D eigenvalue weighted by Gasteiger charge is -2.32. The molecule has 3 aromatic heterocycles. The molecule has 124 valence electrons. The van der Waals surface area contributed by atoms with Gasteiger partial charge in [0.05, 0.1) is 16.9 Å². The summed E-state index contributed by atoms with van der Waals surface area (Å²) in [4.78, 5) is 24.1. The second-order valence-electron chi connectivity index (χ2n) is 6.18. The highest BCUT2D eigenvalue weighted by molar-refractivity contribution is 7.13. The van der Waals surface area contributed by atoms with E-state index in [0.717, 1.165) is 47.2 Å². The number of amides is 1. The molecular formula is C17H19N5OS. The van der Waals surface area contributed by atoms with Crippen LogP contribution in [0.4, 0.5) is 0 Å². The number of likely N-dealkylation sites (tertiary alicyclic amines) is 1. The fourth-order valence-corrected chi connectivity index (χ4v) is 4.30. The van der Waals surface area contributed by atoms with Crippen molar-refractivity contribution in [2.45, 2.75) is 32.6 Å². The number of piperidine rings is 1. The van der Waals surface area contributed by atoms with Crippen LogP contribution in [0.5, 0.6) is 0 Å². The van der Waals surface area contributed by atoms with Gasteiger partial charge in [0.15, 0.2) is 5.65 Å². The molecule has 6 nitrogen and oxygen atoms in total. The van der Waals surface area contributed by atoms with Gasteiger partial charge < -0.3 is 4.90 Å². The van der Waals surface area contributed by atoms with Crippen molar-refractivity contribution >= 4 is 22.9 Å². The summed E-state index contributed by atoms with van der Waals surface area (Å²) >= 11 is 1.49. The van der Waals surface area contributed by atoms with Gasteiger partial charge in [0.25, 0.3) is 5.91 Å². The van der Waals surface area contributed by atoms with Gasteiger partial charge in [-0.15, -0.1) is 11.3 Å². The van der Waals surface area contributed by atoms with Crippen molar-refractivity contribution in [2.24, 2.45) is 0 Å². The largest absolute Gasteiger partial charge is 0.338 e. The summed E-state index contributed by atoms with van der Waals surface area (Å²) in [6, 6.07) is 3.95. The minimum absolute atomic E-state index is 0.121. The molecule has 1 fully saturated rings. The Hall–Kier alpha value is -2.28. The summed E-state index contributed by atoms with van der Waals surface area (Å²) < 4.78 is 1.92. The third kappa shape index (κ3) is 2.58. The van der Waals surface area contributed by atoms with Crippen molar-refractivity contribution in [2.75, 3.05) is 13.1 Å². The Labute approximate surface area is 144 Å². The summed E-state index contributed by atoms with van der Waals surface area (Å²) in [7, 11) is 0. The molecule has 1 saturated heterocycles. The highest BCUT2D eigenvalue weighted by Gasteiger charge is 2.27. The monoisotopic (exact) mass is 341 g/mol. The molecule has 0 aliphatic carbocycles. The zero-order valence-corrected chi connectivity index (χ0v) is 14.6. The zero-order valence-electron chi connectivity index (χ0n) is 13.8. The maximum absolute atomic E-state index is 12.7. The van der Waals surface area contributed by atoms with Crippen molar-refractivity contribution in [1.82, 2.24) is 24.5 Å². The molecule has 0 saturated carbocycles. The molecule has 0 aromatic carbocycles. The SMILES string of the molecule is Cc1nc(C)c(C(=O)N2CCC(c3ccnc4ccnn34)CC2)s1. The number of fused-ring (bicyclic) bond motifs is 1. The molecule has 4 rings (SSSR count). The first kappa shape index (κ1) is 15.3. The number of thiazole rings is 1. The standard InChI is InChI=1S/C17H19N5OS/c1-11-16(24-12(2)20-11)17(23)21-9-5-13(6-10-21)14-3-7-18-15-4-8-19-22(14)15/h3-4,7-8,13H,5-6,9-10H2,1-2H3. The average molecular weight is 341 g/mol. The Balaban J connectivity index is 1.50. The van der Waals surface area contributed by atoms with Crippen LogP contribution in [0.3, 0.4) is 0 Å². The quantitative estimate of drug-likeness (QED) is 0.719. The van der Waals surface area contributed by atoms with E-state index in [9.17, 15) is 4.79 Å². The van der Waals surface area contributed by atoms with Crippen LogP contribution in [0.25, 0.3) is 5.65 Å². The molecule has 1 amide bonds. The lowest BCUT2D eigenvalue weighted by molar-refractivity contribution is 0.0715. The Morgan fingerprint density at radius 1 is 1.21 bits per heavy atom. The second kappa shape index (κ2) is 5.98. The third-order valence-corrected chi connectivity index (χ3v) is 5.68. The Morgan fingerprint density at radius 2 is 2.00 bits per heavy atom. The van der Waals surface area contributed by atoms with E-state index >= 15 is 0 Å². The van der Waals surface area contributed by atoms with E-state index < -0.39 is 0 Å². The molecule has 3 aromatic rings. The van der Waals surface area contributed by atoms with Gasteiger partial charge in [-0.05, 0) is 32.8 Å². The van der Waals surface area contributed by atoms with E-state index in [0.29, 0.717) is 5.92 Å². The average Bonchev–Trinajstić information content (AvgIpc) is 3.20. The smallest absolute Gasteiger partial charge is 0.265 e. The summed E-state index contributed by atoms with van der Waals surface area (Å²) in [6.07, 6.45) is 5.51. The molecular weight excluding hydrogens is 322 g/mol. The van der Waals surface area contributed by atoms with E-state index in [1.54, 1.807) is 6.20 Å². The Morgan fingerprint density at radius 3 is 2.71 bits per heavy atom. The lowest BCUT2D eigenvalue weighted by atomic mass is 9.93. The number of rotatable bonds is 2. The number of aryl methyl sites for hydroxylation is 2. The highest BCUT2D eigenvalue weighted by Crippen LogP contribution is 2.29. The zero-order chi connectivity index (χ0) is 16.7. The fourth-order valence-electron chi connectivity index (χ4n) is 3.41. The van der Waals surface area contributed by atoms with Crippen LogP contribution in [0, 0.1) is 13.8 Å². The van der Waals surface area contributed by atoms with Crippen LogP contribution in [0.1, 0.15) is 44.8 Å². The number of nitrogens with zero attached hydrogens (tertiary/aromatic N) is 5. The topological polar surface area (TPSA) is 63.4 Å². The molecule has 0 atom stereocenters. The van der Waals surface area contributed by atoms with Crippen molar-refractivity contribution in [3.63, 3.8) is 0 Å². The fraction of sp³-hybridized carbons (Fsp3) is 0.412. The van der Waals surface area contributed by atoms with Crippen LogP contribution in [-0.2, 0) is 0 Å². The summed E-state index contributed by atoms with van der Waals surface area (Å²) in [5.41, 5.74) is 2.90. The molecule has 7 heteroatoms. The molecule has 1 aliphatic heterocycles. The summed E-state index contributed by atoms with van der Waals surface area (Å²) in [5.74, 6) is 0.527. The number of hydrogen-bond acceptors (Lipinski definition) is 5. The van der Waals surface area contributed by atoms with Gasteiger partial charge in [-0.3, -0.25) is 4.79 Å².